The van der Waals surface area contributed by atoms with Gasteiger partial charge in [-0.2, -0.15) is 0 Å². The van der Waals surface area contributed by atoms with Crippen LogP contribution in [0.4, 0.5) is 4.39 Å². The lowest BCUT2D eigenvalue weighted by molar-refractivity contribution is 0.0954. The average Bonchev–Trinajstić information content (AvgIpc) is 2.72. The molecule has 0 aliphatic rings. The Bertz CT molecular complexity index is 959. The van der Waals surface area contributed by atoms with Gasteiger partial charge in [0, 0.05) is 22.8 Å². The van der Waals surface area contributed by atoms with Crippen LogP contribution in [0.1, 0.15) is 21.5 Å². The minimum Gasteiger partial charge on any atom is -0.352 e. The molecule has 0 aromatic heterocycles. The molecular formula is C23H20Cl2FNOS. The van der Waals surface area contributed by atoms with E-state index in [1.165, 1.54) is 6.07 Å². The number of nitrogens with one attached hydrogen (secondary N) is 1. The first-order chi connectivity index (χ1) is 14.0. The molecule has 3 aromatic rings. The Morgan fingerprint density at radius 2 is 1.59 bits per heavy atom. The Balaban J connectivity index is 1.46. The zero-order chi connectivity index (χ0) is 20.6. The van der Waals surface area contributed by atoms with Crippen molar-refractivity contribution in [1.29, 1.82) is 0 Å². The summed E-state index contributed by atoms with van der Waals surface area (Å²) in [6.07, 6.45) is 1.29. The van der Waals surface area contributed by atoms with Crippen molar-refractivity contribution >= 4 is 40.9 Å². The lowest BCUT2D eigenvalue weighted by Gasteiger charge is -2.08. The molecule has 0 unspecified atom stereocenters. The third kappa shape index (κ3) is 6.23. The largest absolute Gasteiger partial charge is 0.352 e. The molecule has 0 saturated heterocycles. The second-order valence-corrected chi connectivity index (χ2v) is 8.36. The van der Waals surface area contributed by atoms with Gasteiger partial charge >= 0.3 is 0 Å². The van der Waals surface area contributed by atoms with Gasteiger partial charge in [0.2, 0.25) is 0 Å². The van der Waals surface area contributed by atoms with Crippen molar-refractivity contribution in [3.8, 4) is 0 Å². The maximum Gasteiger partial charge on any atom is 0.251 e. The molecule has 0 atom stereocenters. The smallest absolute Gasteiger partial charge is 0.251 e. The second kappa shape index (κ2) is 10.7. The number of halogens is 3. The van der Waals surface area contributed by atoms with E-state index in [-0.39, 0.29) is 11.7 Å². The lowest BCUT2D eigenvalue weighted by Crippen LogP contribution is -2.25. The highest BCUT2D eigenvalue weighted by Gasteiger charge is 2.08. The van der Waals surface area contributed by atoms with E-state index in [1.807, 2.05) is 30.3 Å². The number of benzene rings is 3. The summed E-state index contributed by atoms with van der Waals surface area (Å²) in [5.74, 6) is 0.421. The molecule has 1 amide bonds. The first kappa shape index (κ1) is 21.7. The minimum absolute atomic E-state index is 0.162. The van der Waals surface area contributed by atoms with E-state index in [2.05, 4.69) is 5.32 Å². The number of hydrogen-bond donors (Lipinski definition) is 1. The predicted molar refractivity (Wildman–Crippen MR) is 120 cm³/mol. The molecule has 0 saturated carbocycles. The molecule has 0 aliphatic carbocycles. The fraction of sp³-hybridized carbons (Fsp3) is 0.174. The fourth-order valence-electron chi connectivity index (χ4n) is 2.83. The number of carbonyl (C=O) groups excluding carboxylic acids is 1. The zero-order valence-electron chi connectivity index (χ0n) is 15.6. The Morgan fingerprint density at radius 3 is 2.28 bits per heavy atom. The van der Waals surface area contributed by atoms with E-state index in [0.29, 0.717) is 34.1 Å². The molecular weight excluding hydrogens is 428 g/mol. The van der Waals surface area contributed by atoms with E-state index in [4.69, 9.17) is 23.2 Å². The van der Waals surface area contributed by atoms with Crippen LogP contribution in [-0.2, 0) is 12.8 Å². The quantitative estimate of drug-likeness (QED) is 0.402. The molecule has 0 bridgehead atoms. The minimum atomic E-state index is -0.248. The van der Waals surface area contributed by atoms with Crippen LogP contribution in [0.25, 0.3) is 0 Å². The predicted octanol–water partition coefficient (Wildman–Crippen LogP) is 6.44. The first-order valence-electron chi connectivity index (χ1n) is 9.22. The van der Waals surface area contributed by atoms with Crippen LogP contribution in [0.2, 0.25) is 10.0 Å². The summed E-state index contributed by atoms with van der Waals surface area (Å²) >= 11 is 14.0. The van der Waals surface area contributed by atoms with Gasteiger partial charge in [-0.25, -0.2) is 4.39 Å². The van der Waals surface area contributed by atoms with Gasteiger partial charge in [0.05, 0.1) is 10.0 Å². The molecule has 1 N–H and O–H groups in total. The van der Waals surface area contributed by atoms with Crippen molar-refractivity contribution in [3.05, 3.63) is 99.3 Å². The van der Waals surface area contributed by atoms with E-state index < -0.39 is 0 Å². The molecule has 29 heavy (non-hydrogen) atoms. The molecule has 0 radical (unpaired) electrons. The summed E-state index contributed by atoms with van der Waals surface area (Å²) in [6.45, 7) is 0.386. The first-order valence-corrected chi connectivity index (χ1v) is 11.0. The van der Waals surface area contributed by atoms with Crippen LogP contribution >= 0.6 is 35.0 Å². The van der Waals surface area contributed by atoms with Gasteiger partial charge in [0.15, 0.2) is 0 Å². The zero-order valence-corrected chi connectivity index (χ0v) is 18.0. The average molecular weight is 448 g/mol. The summed E-state index contributed by atoms with van der Waals surface area (Å²) < 4.78 is 13.6. The van der Waals surface area contributed by atoms with Gasteiger partial charge < -0.3 is 5.32 Å². The van der Waals surface area contributed by atoms with Gasteiger partial charge in [-0.15, -0.1) is 11.8 Å². The van der Waals surface area contributed by atoms with Crippen molar-refractivity contribution in [1.82, 2.24) is 5.32 Å². The van der Waals surface area contributed by atoms with Crippen LogP contribution in [0.5, 0.6) is 0 Å². The number of carbonyl (C=O) groups is 1. The van der Waals surface area contributed by atoms with E-state index in [9.17, 15) is 9.18 Å². The monoisotopic (exact) mass is 447 g/mol. The summed E-state index contributed by atoms with van der Waals surface area (Å²) in [4.78, 5) is 13.2. The number of hydrogen-bond acceptors (Lipinski definition) is 2. The van der Waals surface area contributed by atoms with Crippen molar-refractivity contribution in [3.63, 3.8) is 0 Å². The van der Waals surface area contributed by atoms with Crippen molar-refractivity contribution in [2.75, 3.05) is 12.3 Å². The summed E-state index contributed by atoms with van der Waals surface area (Å²) in [5.41, 5.74) is 2.31. The number of rotatable bonds is 8. The maximum atomic E-state index is 13.6. The SMILES string of the molecule is O=C(NCCc1ccccc1F)c1ccc(CCSc2c(Cl)cccc2Cl)cc1. The highest BCUT2D eigenvalue weighted by Crippen LogP contribution is 2.34. The van der Waals surface area contributed by atoms with Gasteiger partial charge in [0.1, 0.15) is 5.82 Å². The maximum absolute atomic E-state index is 13.6. The van der Waals surface area contributed by atoms with Gasteiger partial charge in [0.25, 0.3) is 5.91 Å². The molecule has 3 aromatic carbocycles. The molecule has 3 rings (SSSR count). The lowest BCUT2D eigenvalue weighted by atomic mass is 10.1. The Hall–Kier alpha value is -2.01. The Kier molecular flexibility index (Phi) is 7.99. The molecule has 2 nitrogen and oxygen atoms in total. The Morgan fingerprint density at radius 1 is 0.897 bits per heavy atom. The molecule has 0 spiro atoms. The summed E-state index contributed by atoms with van der Waals surface area (Å²) in [7, 11) is 0. The highest BCUT2D eigenvalue weighted by atomic mass is 35.5. The summed E-state index contributed by atoms with van der Waals surface area (Å²) in [5, 5.41) is 4.15. The summed E-state index contributed by atoms with van der Waals surface area (Å²) in [6, 6.07) is 19.6. The van der Waals surface area contributed by atoms with Crippen LogP contribution < -0.4 is 5.32 Å². The van der Waals surface area contributed by atoms with Crippen molar-refractivity contribution < 1.29 is 9.18 Å². The van der Waals surface area contributed by atoms with Gasteiger partial charge in [-0.3, -0.25) is 4.79 Å². The number of amides is 1. The van der Waals surface area contributed by atoms with Crippen LogP contribution in [-0.4, -0.2) is 18.2 Å². The molecule has 0 fully saturated rings. The fourth-order valence-corrected chi connectivity index (χ4v) is 4.51. The molecule has 150 valence electrons. The second-order valence-electron chi connectivity index (χ2n) is 6.44. The molecule has 6 heteroatoms. The van der Waals surface area contributed by atoms with Crippen LogP contribution in [0.3, 0.4) is 0 Å². The number of aryl methyl sites for hydroxylation is 1. The topological polar surface area (TPSA) is 29.1 Å². The van der Waals surface area contributed by atoms with E-state index >= 15 is 0 Å². The third-order valence-corrected chi connectivity index (χ3v) is 6.40. The van der Waals surface area contributed by atoms with Gasteiger partial charge in [-0.05, 0) is 54.3 Å². The molecule has 0 heterocycles. The van der Waals surface area contributed by atoms with E-state index in [1.54, 1.807) is 42.1 Å². The van der Waals surface area contributed by atoms with Crippen molar-refractivity contribution in [2.45, 2.75) is 17.7 Å². The number of thioether (sulfide) groups is 1. The van der Waals surface area contributed by atoms with Crippen molar-refractivity contribution in [2.24, 2.45) is 0 Å². The normalized spacial score (nSPS) is 10.7. The Labute approximate surface area is 184 Å². The third-order valence-electron chi connectivity index (χ3n) is 4.41. The van der Waals surface area contributed by atoms with Crippen LogP contribution in [0, 0.1) is 5.82 Å². The van der Waals surface area contributed by atoms with Crippen LogP contribution in [0.15, 0.2) is 71.6 Å². The standard InChI is InChI=1S/C23H20Cl2FNOS/c24-19-5-3-6-20(25)22(19)29-15-13-16-8-10-18(11-9-16)23(28)27-14-12-17-4-1-2-7-21(17)26/h1-11H,12-15H2,(H,27,28). The molecule has 0 aliphatic heterocycles. The van der Waals surface area contributed by atoms with Gasteiger partial charge in [-0.1, -0.05) is 59.6 Å². The van der Waals surface area contributed by atoms with E-state index in [0.717, 1.165) is 22.6 Å². The highest BCUT2D eigenvalue weighted by molar-refractivity contribution is 7.99.